The molecular weight excluding hydrogens is 286 g/mol. The largest absolute Gasteiger partial charge is 0.490 e. The van der Waals surface area contributed by atoms with E-state index in [1.54, 1.807) is 0 Å². The molecule has 1 aliphatic carbocycles. The van der Waals surface area contributed by atoms with E-state index >= 15 is 0 Å². The summed E-state index contributed by atoms with van der Waals surface area (Å²) < 4.78 is 11.3. The summed E-state index contributed by atoms with van der Waals surface area (Å²) in [6, 6.07) is 6.94. The molecule has 0 aliphatic heterocycles. The highest BCUT2D eigenvalue weighted by molar-refractivity contribution is 5.85. The van der Waals surface area contributed by atoms with Crippen LogP contribution in [0, 0.1) is 0 Å². The second-order valence-corrected chi connectivity index (χ2v) is 5.36. The molecule has 0 atom stereocenters. The van der Waals surface area contributed by atoms with Gasteiger partial charge in [-0.3, -0.25) is 0 Å². The first-order valence-corrected chi connectivity index (χ1v) is 7.95. The third kappa shape index (κ3) is 5.76. The van der Waals surface area contributed by atoms with Gasteiger partial charge in [0.15, 0.2) is 11.5 Å². The van der Waals surface area contributed by atoms with Crippen LogP contribution in [-0.2, 0) is 6.54 Å². The average molecular weight is 314 g/mol. The van der Waals surface area contributed by atoms with Gasteiger partial charge >= 0.3 is 0 Å². The van der Waals surface area contributed by atoms with Crippen molar-refractivity contribution in [2.75, 3.05) is 13.2 Å². The van der Waals surface area contributed by atoms with Gasteiger partial charge in [-0.1, -0.05) is 25.3 Å². The first-order chi connectivity index (χ1) is 9.83. The third-order valence-corrected chi connectivity index (χ3v) is 3.81. The van der Waals surface area contributed by atoms with E-state index in [4.69, 9.17) is 9.47 Å². The van der Waals surface area contributed by atoms with Crippen LogP contribution in [0.4, 0.5) is 0 Å². The Morgan fingerprint density at radius 1 is 1.00 bits per heavy atom. The van der Waals surface area contributed by atoms with Gasteiger partial charge in [-0.25, -0.2) is 0 Å². The van der Waals surface area contributed by atoms with Crippen LogP contribution in [0.15, 0.2) is 18.2 Å². The predicted octanol–water partition coefficient (Wildman–Crippen LogP) is 4.33. The molecule has 1 aromatic rings. The highest BCUT2D eigenvalue weighted by Gasteiger charge is 2.13. The van der Waals surface area contributed by atoms with E-state index in [0.29, 0.717) is 19.3 Å². The maximum absolute atomic E-state index is 5.67. The van der Waals surface area contributed by atoms with Gasteiger partial charge < -0.3 is 14.8 Å². The van der Waals surface area contributed by atoms with E-state index in [9.17, 15) is 0 Å². The zero-order valence-corrected chi connectivity index (χ0v) is 14.0. The van der Waals surface area contributed by atoms with Gasteiger partial charge in [0.25, 0.3) is 0 Å². The molecule has 1 aliphatic rings. The van der Waals surface area contributed by atoms with Crippen LogP contribution >= 0.6 is 12.4 Å². The van der Waals surface area contributed by atoms with Crippen LogP contribution < -0.4 is 14.8 Å². The molecule has 0 saturated heterocycles. The van der Waals surface area contributed by atoms with Crippen molar-refractivity contribution in [2.45, 2.75) is 58.5 Å². The summed E-state index contributed by atoms with van der Waals surface area (Å²) in [7, 11) is 0. The van der Waals surface area contributed by atoms with Crippen LogP contribution in [0.3, 0.4) is 0 Å². The molecule has 0 spiro atoms. The van der Waals surface area contributed by atoms with Crippen molar-refractivity contribution in [3.63, 3.8) is 0 Å². The summed E-state index contributed by atoms with van der Waals surface area (Å²) in [6.45, 7) is 6.24. The number of hydrogen-bond donors (Lipinski definition) is 1. The Morgan fingerprint density at radius 3 is 2.33 bits per heavy atom. The Morgan fingerprint density at radius 2 is 1.67 bits per heavy atom. The Kier molecular flexibility index (Phi) is 8.55. The van der Waals surface area contributed by atoms with Gasteiger partial charge in [0.05, 0.1) is 13.2 Å². The molecule has 2 rings (SSSR count). The molecule has 1 aromatic carbocycles. The van der Waals surface area contributed by atoms with E-state index < -0.39 is 0 Å². The molecule has 0 aromatic heterocycles. The van der Waals surface area contributed by atoms with Crippen molar-refractivity contribution in [3.8, 4) is 11.5 Å². The lowest BCUT2D eigenvalue weighted by Gasteiger charge is -2.23. The highest BCUT2D eigenvalue weighted by Crippen LogP contribution is 2.28. The average Bonchev–Trinajstić information content (AvgIpc) is 2.49. The molecule has 120 valence electrons. The molecule has 0 heterocycles. The summed E-state index contributed by atoms with van der Waals surface area (Å²) in [6.07, 6.45) is 6.76. The SMILES string of the molecule is CCOc1ccc(CNC2CCCCC2)cc1OCC.Cl. The first-order valence-electron chi connectivity index (χ1n) is 7.95. The maximum atomic E-state index is 5.67. The first kappa shape index (κ1) is 18.1. The number of benzene rings is 1. The van der Waals surface area contributed by atoms with Crippen molar-refractivity contribution < 1.29 is 9.47 Å². The van der Waals surface area contributed by atoms with Crippen LogP contribution in [0.2, 0.25) is 0 Å². The minimum absolute atomic E-state index is 0. The van der Waals surface area contributed by atoms with Crippen molar-refractivity contribution in [2.24, 2.45) is 0 Å². The van der Waals surface area contributed by atoms with E-state index in [1.165, 1.54) is 37.7 Å². The lowest BCUT2D eigenvalue weighted by Crippen LogP contribution is -2.30. The predicted molar refractivity (Wildman–Crippen MR) is 89.7 cm³/mol. The van der Waals surface area contributed by atoms with Crippen LogP contribution in [-0.4, -0.2) is 19.3 Å². The number of rotatable bonds is 7. The van der Waals surface area contributed by atoms with E-state index in [-0.39, 0.29) is 12.4 Å². The second-order valence-electron chi connectivity index (χ2n) is 5.36. The fraction of sp³-hybridized carbons (Fsp3) is 0.647. The quantitative estimate of drug-likeness (QED) is 0.813. The lowest BCUT2D eigenvalue weighted by atomic mass is 9.95. The zero-order chi connectivity index (χ0) is 14.2. The minimum atomic E-state index is 0. The molecule has 3 nitrogen and oxygen atoms in total. The topological polar surface area (TPSA) is 30.5 Å². The fourth-order valence-electron chi connectivity index (χ4n) is 2.77. The molecule has 0 amide bonds. The van der Waals surface area contributed by atoms with Crippen molar-refractivity contribution in [3.05, 3.63) is 23.8 Å². The summed E-state index contributed by atoms with van der Waals surface area (Å²) in [5.41, 5.74) is 1.27. The van der Waals surface area contributed by atoms with Gasteiger partial charge in [-0.05, 0) is 44.4 Å². The Labute approximate surface area is 134 Å². The number of hydrogen-bond acceptors (Lipinski definition) is 3. The Hall–Kier alpha value is -0.930. The summed E-state index contributed by atoms with van der Waals surface area (Å²) in [5.74, 6) is 1.70. The molecule has 0 radical (unpaired) electrons. The smallest absolute Gasteiger partial charge is 0.161 e. The molecule has 1 saturated carbocycles. The molecular formula is C17H28ClNO2. The zero-order valence-electron chi connectivity index (χ0n) is 13.2. The van der Waals surface area contributed by atoms with Crippen molar-refractivity contribution in [1.29, 1.82) is 0 Å². The third-order valence-electron chi connectivity index (χ3n) is 3.81. The Bertz CT molecular complexity index is 406. The highest BCUT2D eigenvalue weighted by atomic mass is 35.5. The minimum Gasteiger partial charge on any atom is -0.490 e. The summed E-state index contributed by atoms with van der Waals surface area (Å²) in [4.78, 5) is 0. The van der Waals surface area contributed by atoms with Crippen LogP contribution in [0.25, 0.3) is 0 Å². The van der Waals surface area contributed by atoms with Crippen LogP contribution in [0.5, 0.6) is 11.5 Å². The van der Waals surface area contributed by atoms with Gasteiger partial charge in [0.1, 0.15) is 0 Å². The van der Waals surface area contributed by atoms with Crippen molar-refractivity contribution in [1.82, 2.24) is 5.32 Å². The summed E-state index contributed by atoms with van der Waals surface area (Å²) in [5, 5.41) is 3.66. The van der Waals surface area contributed by atoms with Gasteiger partial charge in [-0.15, -0.1) is 12.4 Å². The monoisotopic (exact) mass is 313 g/mol. The normalized spacial score (nSPS) is 15.3. The number of nitrogens with one attached hydrogen (secondary N) is 1. The molecule has 0 unspecified atom stereocenters. The second kappa shape index (κ2) is 9.91. The number of ether oxygens (including phenoxy) is 2. The maximum Gasteiger partial charge on any atom is 0.161 e. The lowest BCUT2D eigenvalue weighted by molar-refractivity contribution is 0.287. The standard InChI is InChI=1S/C17H27NO2.ClH/c1-3-19-16-11-10-14(12-17(16)20-4-2)13-18-15-8-6-5-7-9-15;/h10-12,15,18H,3-9,13H2,1-2H3;1H. The van der Waals surface area contributed by atoms with Gasteiger partial charge in [0, 0.05) is 12.6 Å². The molecule has 1 N–H and O–H groups in total. The molecule has 1 fully saturated rings. The molecule has 4 heteroatoms. The fourth-order valence-corrected chi connectivity index (χ4v) is 2.77. The van der Waals surface area contributed by atoms with Gasteiger partial charge in [0.2, 0.25) is 0 Å². The number of halogens is 1. The van der Waals surface area contributed by atoms with E-state index in [0.717, 1.165) is 18.0 Å². The Balaban J connectivity index is 0.00000220. The molecule has 21 heavy (non-hydrogen) atoms. The van der Waals surface area contributed by atoms with Gasteiger partial charge in [-0.2, -0.15) is 0 Å². The summed E-state index contributed by atoms with van der Waals surface area (Å²) >= 11 is 0. The van der Waals surface area contributed by atoms with E-state index in [1.807, 2.05) is 19.9 Å². The van der Waals surface area contributed by atoms with Crippen LogP contribution in [0.1, 0.15) is 51.5 Å². The van der Waals surface area contributed by atoms with E-state index in [2.05, 4.69) is 17.4 Å². The molecule has 0 bridgehead atoms. The van der Waals surface area contributed by atoms with Crippen molar-refractivity contribution >= 4 is 12.4 Å².